The molecule has 0 aliphatic carbocycles. The summed E-state index contributed by atoms with van der Waals surface area (Å²) in [6, 6.07) is 9.07. The van der Waals surface area contributed by atoms with Crippen molar-refractivity contribution in [3.8, 4) is 11.3 Å². The number of hydrogen-bond acceptors (Lipinski definition) is 4. The summed E-state index contributed by atoms with van der Waals surface area (Å²) in [6.07, 6.45) is 1.02. The zero-order valence-corrected chi connectivity index (χ0v) is 13.7. The molecule has 0 spiro atoms. The van der Waals surface area contributed by atoms with Crippen LogP contribution in [0.25, 0.3) is 11.3 Å². The van der Waals surface area contributed by atoms with Crippen molar-refractivity contribution < 1.29 is 14.6 Å². The van der Waals surface area contributed by atoms with Crippen LogP contribution in [0.2, 0.25) is 5.02 Å². The molecule has 0 aliphatic heterocycles. The number of aliphatic hydroxyl groups is 1. The molecule has 0 fully saturated rings. The molecule has 1 heterocycles. The highest BCUT2D eigenvalue weighted by Gasteiger charge is 2.12. The maximum Gasteiger partial charge on any atom is 0.225 e. The number of benzene rings is 1. The Hall–Kier alpha value is -1.89. The van der Waals surface area contributed by atoms with Gasteiger partial charge >= 0.3 is 0 Å². The van der Waals surface area contributed by atoms with Crippen LogP contribution in [0.5, 0.6) is 0 Å². The van der Waals surface area contributed by atoms with E-state index >= 15 is 0 Å². The number of methoxy groups -OCH3 is 1. The normalized spacial score (nSPS) is 10.7. The van der Waals surface area contributed by atoms with Crippen molar-refractivity contribution in [2.45, 2.75) is 19.4 Å². The predicted molar refractivity (Wildman–Crippen MR) is 89.5 cm³/mol. The molecule has 0 radical (unpaired) electrons. The summed E-state index contributed by atoms with van der Waals surface area (Å²) in [5.41, 5.74) is 1.60. The standard InChI is InChI=1S/C16H20ClN3O3/c1-23-10-2-3-16(22)18-15-11-14(19-20(15)8-9-21)12-4-6-13(17)7-5-12/h4-7,11,21H,2-3,8-10H2,1H3,(H,18,22). The summed E-state index contributed by atoms with van der Waals surface area (Å²) < 4.78 is 6.52. The van der Waals surface area contributed by atoms with E-state index in [2.05, 4.69) is 10.4 Å². The summed E-state index contributed by atoms with van der Waals surface area (Å²) in [6.45, 7) is 0.787. The van der Waals surface area contributed by atoms with Gasteiger partial charge in [-0.05, 0) is 18.6 Å². The molecule has 0 bridgehead atoms. The Labute approximate surface area is 140 Å². The highest BCUT2D eigenvalue weighted by molar-refractivity contribution is 6.30. The molecule has 7 heteroatoms. The molecule has 0 saturated carbocycles. The Morgan fingerprint density at radius 3 is 2.78 bits per heavy atom. The number of amides is 1. The summed E-state index contributed by atoms with van der Waals surface area (Å²) in [5.74, 6) is 0.454. The molecule has 124 valence electrons. The molecular formula is C16H20ClN3O3. The smallest absolute Gasteiger partial charge is 0.225 e. The Morgan fingerprint density at radius 2 is 2.13 bits per heavy atom. The molecule has 6 nitrogen and oxygen atoms in total. The second kappa shape index (κ2) is 8.67. The number of nitrogens with one attached hydrogen (secondary N) is 1. The van der Waals surface area contributed by atoms with E-state index in [0.29, 0.717) is 42.5 Å². The third-order valence-corrected chi connectivity index (χ3v) is 3.50. The van der Waals surface area contributed by atoms with Crippen molar-refractivity contribution in [3.63, 3.8) is 0 Å². The quantitative estimate of drug-likeness (QED) is 0.726. The Morgan fingerprint density at radius 1 is 1.39 bits per heavy atom. The molecule has 2 aromatic rings. The Balaban J connectivity index is 2.14. The average molecular weight is 338 g/mol. The van der Waals surface area contributed by atoms with Gasteiger partial charge in [-0.15, -0.1) is 0 Å². The van der Waals surface area contributed by atoms with Gasteiger partial charge in [0.2, 0.25) is 5.91 Å². The summed E-state index contributed by atoms with van der Waals surface area (Å²) in [4.78, 5) is 11.9. The molecular weight excluding hydrogens is 318 g/mol. The molecule has 0 saturated heterocycles. The highest BCUT2D eigenvalue weighted by Crippen LogP contribution is 2.23. The van der Waals surface area contributed by atoms with Crippen LogP contribution < -0.4 is 5.32 Å². The molecule has 2 rings (SSSR count). The lowest BCUT2D eigenvalue weighted by molar-refractivity contribution is -0.116. The van der Waals surface area contributed by atoms with Crippen LogP contribution in [0.15, 0.2) is 30.3 Å². The van der Waals surface area contributed by atoms with Crippen LogP contribution in [0, 0.1) is 0 Å². The first-order valence-corrected chi connectivity index (χ1v) is 7.75. The maximum absolute atomic E-state index is 11.9. The van der Waals surface area contributed by atoms with Crippen molar-refractivity contribution >= 4 is 23.3 Å². The van der Waals surface area contributed by atoms with Gasteiger partial charge < -0.3 is 15.2 Å². The minimum Gasteiger partial charge on any atom is -0.394 e. The fourth-order valence-electron chi connectivity index (χ4n) is 2.13. The number of nitrogens with zero attached hydrogens (tertiary/aromatic N) is 2. The number of rotatable bonds is 8. The molecule has 23 heavy (non-hydrogen) atoms. The molecule has 1 aromatic carbocycles. The van der Waals surface area contributed by atoms with E-state index in [1.54, 1.807) is 30.0 Å². The van der Waals surface area contributed by atoms with E-state index in [4.69, 9.17) is 21.4 Å². The van der Waals surface area contributed by atoms with Crippen molar-refractivity contribution in [1.29, 1.82) is 0 Å². The monoisotopic (exact) mass is 337 g/mol. The summed E-state index contributed by atoms with van der Waals surface area (Å²) in [7, 11) is 1.60. The number of anilines is 1. The van der Waals surface area contributed by atoms with Crippen molar-refractivity contribution in [3.05, 3.63) is 35.4 Å². The molecule has 2 N–H and O–H groups in total. The number of aliphatic hydroxyl groups excluding tert-OH is 1. The first-order valence-electron chi connectivity index (χ1n) is 7.37. The molecule has 0 aliphatic rings. The van der Waals surface area contributed by atoms with Gasteiger partial charge in [0.15, 0.2) is 0 Å². The summed E-state index contributed by atoms with van der Waals surface area (Å²) >= 11 is 5.89. The SMILES string of the molecule is COCCCC(=O)Nc1cc(-c2ccc(Cl)cc2)nn1CCO. The number of hydrogen-bond donors (Lipinski definition) is 2. The van der Waals surface area contributed by atoms with Crippen molar-refractivity contribution in [2.24, 2.45) is 0 Å². The lowest BCUT2D eigenvalue weighted by Crippen LogP contribution is -2.16. The first-order chi connectivity index (χ1) is 11.1. The maximum atomic E-state index is 11.9. The Kier molecular flexibility index (Phi) is 6.58. The number of carbonyl (C=O) groups is 1. The van der Waals surface area contributed by atoms with Crippen LogP contribution in [0.3, 0.4) is 0 Å². The van der Waals surface area contributed by atoms with Crippen LogP contribution in [-0.2, 0) is 16.1 Å². The zero-order valence-electron chi connectivity index (χ0n) is 13.0. The van der Waals surface area contributed by atoms with Gasteiger partial charge in [0.1, 0.15) is 5.82 Å². The second-order valence-corrected chi connectivity index (χ2v) is 5.45. The van der Waals surface area contributed by atoms with Crippen LogP contribution >= 0.6 is 11.6 Å². The first kappa shape index (κ1) is 17.5. The van der Waals surface area contributed by atoms with Gasteiger partial charge in [-0.2, -0.15) is 5.10 Å². The minimum absolute atomic E-state index is 0.0612. The largest absolute Gasteiger partial charge is 0.394 e. The topological polar surface area (TPSA) is 76.4 Å². The number of halogens is 1. The minimum atomic E-state index is -0.108. The number of carbonyl (C=O) groups excluding carboxylic acids is 1. The van der Waals surface area contributed by atoms with Crippen LogP contribution in [0.4, 0.5) is 5.82 Å². The van der Waals surface area contributed by atoms with Crippen molar-refractivity contribution in [2.75, 3.05) is 25.6 Å². The van der Waals surface area contributed by atoms with Gasteiger partial charge in [0.05, 0.1) is 18.8 Å². The third-order valence-electron chi connectivity index (χ3n) is 3.25. The summed E-state index contributed by atoms with van der Waals surface area (Å²) in [5, 5.41) is 17.1. The van der Waals surface area contributed by atoms with E-state index < -0.39 is 0 Å². The zero-order chi connectivity index (χ0) is 16.7. The van der Waals surface area contributed by atoms with Crippen LogP contribution in [-0.4, -0.2) is 41.1 Å². The second-order valence-electron chi connectivity index (χ2n) is 5.01. The van der Waals surface area contributed by atoms with Crippen molar-refractivity contribution in [1.82, 2.24) is 9.78 Å². The van der Waals surface area contributed by atoms with Gasteiger partial charge in [-0.1, -0.05) is 23.7 Å². The highest BCUT2D eigenvalue weighted by atomic mass is 35.5. The molecule has 0 atom stereocenters. The van der Waals surface area contributed by atoms with Gasteiger partial charge in [-0.3, -0.25) is 4.79 Å². The van der Waals surface area contributed by atoms with Crippen LogP contribution in [0.1, 0.15) is 12.8 Å². The van der Waals surface area contributed by atoms with E-state index in [9.17, 15) is 4.79 Å². The molecule has 1 aromatic heterocycles. The lowest BCUT2D eigenvalue weighted by atomic mass is 10.1. The average Bonchev–Trinajstić information content (AvgIpc) is 2.91. The van der Waals surface area contributed by atoms with E-state index in [1.807, 2.05) is 12.1 Å². The van der Waals surface area contributed by atoms with E-state index in [0.717, 1.165) is 5.56 Å². The molecule has 1 amide bonds. The Bertz CT molecular complexity index is 641. The number of aromatic nitrogens is 2. The number of ether oxygens (including phenoxy) is 1. The third kappa shape index (κ3) is 5.06. The fourth-order valence-corrected chi connectivity index (χ4v) is 2.25. The van der Waals surface area contributed by atoms with Gasteiger partial charge in [0, 0.05) is 36.8 Å². The lowest BCUT2D eigenvalue weighted by Gasteiger charge is -2.07. The van der Waals surface area contributed by atoms with Gasteiger partial charge in [-0.25, -0.2) is 4.68 Å². The molecule has 0 unspecified atom stereocenters. The fraction of sp³-hybridized carbons (Fsp3) is 0.375. The van der Waals surface area contributed by atoms with E-state index in [-0.39, 0.29) is 12.5 Å². The predicted octanol–water partition coefficient (Wildman–Crippen LogP) is 2.56. The van der Waals surface area contributed by atoms with Gasteiger partial charge in [0.25, 0.3) is 0 Å². The van der Waals surface area contributed by atoms with E-state index in [1.165, 1.54) is 0 Å².